The molecule has 17 heavy (non-hydrogen) atoms. The lowest BCUT2D eigenvalue weighted by atomic mass is 10.1. The molecule has 1 aliphatic rings. The molecular weight excluding hydrogens is 235 g/mol. The quantitative estimate of drug-likeness (QED) is 0.892. The van der Waals surface area contributed by atoms with E-state index in [9.17, 15) is 4.39 Å². The summed E-state index contributed by atoms with van der Waals surface area (Å²) in [7, 11) is 1.90. The molecule has 4 heteroatoms. The Hall–Kier alpha value is -0.740. The maximum absolute atomic E-state index is 13.3. The van der Waals surface area contributed by atoms with Crippen LogP contribution in [-0.2, 0) is 6.54 Å². The Morgan fingerprint density at radius 3 is 3.06 bits per heavy atom. The molecule has 0 aromatic heterocycles. The summed E-state index contributed by atoms with van der Waals surface area (Å²) in [6, 6.07) is 5.12. The van der Waals surface area contributed by atoms with E-state index in [2.05, 4.69) is 10.2 Å². The summed E-state index contributed by atoms with van der Waals surface area (Å²) in [5.74, 6) is 2.25. The molecule has 1 fully saturated rings. The predicted octanol–water partition coefficient (Wildman–Crippen LogP) is 2.49. The summed E-state index contributed by atoms with van der Waals surface area (Å²) in [6.07, 6.45) is 1.21. The van der Waals surface area contributed by atoms with Crippen molar-refractivity contribution in [2.45, 2.75) is 13.0 Å². The molecule has 1 saturated heterocycles. The van der Waals surface area contributed by atoms with E-state index in [1.165, 1.54) is 17.9 Å². The Morgan fingerprint density at radius 2 is 2.24 bits per heavy atom. The van der Waals surface area contributed by atoms with Gasteiger partial charge in [-0.25, -0.2) is 4.39 Å². The molecule has 1 heterocycles. The van der Waals surface area contributed by atoms with Crippen LogP contribution in [0.25, 0.3) is 0 Å². The van der Waals surface area contributed by atoms with E-state index in [0.29, 0.717) is 0 Å². The molecule has 0 aliphatic carbocycles. The molecule has 1 aromatic rings. The number of nitrogens with one attached hydrogen (secondary N) is 1. The lowest BCUT2D eigenvalue weighted by molar-refractivity contribution is 0.623. The van der Waals surface area contributed by atoms with Crippen LogP contribution in [0.15, 0.2) is 18.2 Å². The monoisotopic (exact) mass is 254 g/mol. The van der Waals surface area contributed by atoms with Crippen molar-refractivity contribution in [3.05, 3.63) is 29.6 Å². The number of nitrogens with zero attached hydrogens (tertiary/aromatic N) is 1. The molecule has 1 aliphatic heterocycles. The minimum atomic E-state index is -0.150. The lowest BCUT2D eigenvalue weighted by Crippen LogP contribution is -2.27. The molecular formula is C13H19FN2S. The Labute approximate surface area is 107 Å². The van der Waals surface area contributed by atoms with Crippen molar-refractivity contribution < 1.29 is 4.39 Å². The summed E-state index contributed by atoms with van der Waals surface area (Å²) in [5.41, 5.74) is 2.24. The van der Waals surface area contributed by atoms with Gasteiger partial charge in [-0.15, -0.1) is 0 Å². The highest BCUT2D eigenvalue weighted by Gasteiger charge is 2.13. The molecule has 2 rings (SSSR count). The Kier molecular flexibility index (Phi) is 4.68. The molecule has 2 nitrogen and oxygen atoms in total. The average molecular weight is 254 g/mol. The Bertz CT molecular complexity index is 362. The van der Waals surface area contributed by atoms with Crippen molar-refractivity contribution in [3.63, 3.8) is 0 Å². The minimum Gasteiger partial charge on any atom is -0.370 e. The molecule has 0 unspecified atom stereocenters. The van der Waals surface area contributed by atoms with Crippen LogP contribution in [0.3, 0.4) is 0 Å². The third-order valence-electron chi connectivity index (χ3n) is 2.97. The first-order valence-electron chi connectivity index (χ1n) is 6.07. The van der Waals surface area contributed by atoms with Gasteiger partial charge in [0, 0.05) is 31.1 Å². The van der Waals surface area contributed by atoms with Gasteiger partial charge in [0.15, 0.2) is 0 Å². The summed E-state index contributed by atoms with van der Waals surface area (Å²) in [4.78, 5) is 2.38. The first kappa shape index (κ1) is 12.7. The molecule has 0 amide bonds. The van der Waals surface area contributed by atoms with Crippen molar-refractivity contribution in [1.82, 2.24) is 5.32 Å². The van der Waals surface area contributed by atoms with E-state index in [0.717, 1.165) is 31.0 Å². The second-order valence-corrected chi connectivity index (χ2v) is 5.48. The van der Waals surface area contributed by atoms with Crippen LogP contribution in [0, 0.1) is 5.82 Å². The smallest absolute Gasteiger partial charge is 0.123 e. The van der Waals surface area contributed by atoms with E-state index in [4.69, 9.17) is 0 Å². The van der Waals surface area contributed by atoms with E-state index < -0.39 is 0 Å². The molecule has 0 atom stereocenters. The van der Waals surface area contributed by atoms with Crippen molar-refractivity contribution in [2.75, 3.05) is 36.5 Å². The van der Waals surface area contributed by atoms with Gasteiger partial charge in [0.2, 0.25) is 0 Å². The maximum atomic E-state index is 13.3. The number of hydrogen-bond acceptors (Lipinski definition) is 3. The van der Waals surface area contributed by atoms with Crippen molar-refractivity contribution in [3.8, 4) is 0 Å². The van der Waals surface area contributed by atoms with Gasteiger partial charge < -0.3 is 10.2 Å². The molecule has 0 radical (unpaired) electrons. The fourth-order valence-electron chi connectivity index (χ4n) is 2.18. The number of rotatable bonds is 3. The van der Waals surface area contributed by atoms with E-state index in [1.54, 1.807) is 12.1 Å². The zero-order valence-corrected chi connectivity index (χ0v) is 11.0. The fraction of sp³-hybridized carbons (Fsp3) is 0.538. The van der Waals surface area contributed by atoms with Crippen LogP contribution in [-0.4, -0.2) is 31.6 Å². The van der Waals surface area contributed by atoms with Crippen LogP contribution in [0.5, 0.6) is 0 Å². The average Bonchev–Trinajstić information content (AvgIpc) is 2.58. The first-order chi connectivity index (χ1) is 8.31. The highest BCUT2D eigenvalue weighted by molar-refractivity contribution is 7.99. The van der Waals surface area contributed by atoms with Crippen molar-refractivity contribution >= 4 is 17.4 Å². The molecule has 0 bridgehead atoms. The summed E-state index contributed by atoms with van der Waals surface area (Å²) < 4.78 is 13.3. The molecule has 0 spiro atoms. The Balaban J connectivity index is 2.22. The van der Waals surface area contributed by atoms with Crippen LogP contribution in [0.1, 0.15) is 12.0 Å². The van der Waals surface area contributed by atoms with Crippen LogP contribution in [0.4, 0.5) is 10.1 Å². The second kappa shape index (κ2) is 6.26. The maximum Gasteiger partial charge on any atom is 0.123 e. The minimum absolute atomic E-state index is 0.150. The van der Waals surface area contributed by atoms with Gasteiger partial charge in [0.1, 0.15) is 5.82 Å². The van der Waals surface area contributed by atoms with E-state index in [1.807, 2.05) is 24.9 Å². The summed E-state index contributed by atoms with van der Waals surface area (Å²) in [6.45, 7) is 2.86. The zero-order valence-electron chi connectivity index (χ0n) is 10.2. The van der Waals surface area contributed by atoms with Gasteiger partial charge in [-0.2, -0.15) is 11.8 Å². The van der Waals surface area contributed by atoms with Crippen LogP contribution in [0.2, 0.25) is 0 Å². The van der Waals surface area contributed by atoms with Crippen LogP contribution >= 0.6 is 11.8 Å². The van der Waals surface area contributed by atoms with Crippen molar-refractivity contribution in [1.29, 1.82) is 0 Å². The van der Waals surface area contributed by atoms with E-state index in [-0.39, 0.29) is 5.82 Å². The zero-order chi connectivity index (χ0) is 12.1. The number of hydrogen-bond donors (Lipinski definition) is 1. The lowest BCUT2D eigenvalue weighted by Gasteiger charge is -2.25. The van der Waals surface area contributed by atoms with Gasteiger partial charge >= 0.3 is 0 Å². The normalized spacial score (nSPS) is 16.9. The standard InChI is InChI=1S/C13H19FN2S/c1-15-10-11-9-12(14)3-4-13(11)16-5-2-7-17-8-6-16/h3-4,9,15H,2,5-8,10H2,1H3. The first-order valence-corrected chi connectivity index (χ1v) is 7.22. The number of thioether (sulfide) groups is 1. The number of halogens is 1. The van der Waals surface area contributed by atoms with Crippen molar-refractivity contribution in [2.24, 2.45) is 0 Å². The number of benzene rings is 1. The highest BCUT2D eigenvalue weighted by Crippen LogP contribution is 2.24. The predicted molar refractivity (Wildman–Crippen MR) is 73.3 cm³/mol. The van der Waals surface area contributed by atoms with Crippen LogP contribution < -0.4 is 10.2 Å². The summed E-state index contributed by atoms with van der Waals surface area (Å²) in [5, 5.41) is 3.11. The topological polar surface area (TPSA) is 15.3 Å². The van der Waals surface area contributed by atoms with Gasteiger partial charge in [0.25, 0.3) is 0 Å². The third-order valence-corrected chi connectivity index (χ3v) is 4.02. The number of anilines is 1. The Morgan fingerprint density at radius 1 is 1.35 bits per heavy atom. The second-order valence-electron chi connectivity index (χ2n) is 4.26. The fourth-order valence-corrected chi connectivity index (χ4v) is 3.07. The summed E-state index contributed by atoms with van der Waals surface area (Å²) >= 11 is 2.01. The van der Waals surface area contributed by atoms with E-state index >= 15 is 0 Å². The SMILES string of the molecule is CNCc1cc(F)ccc1N1CCCSCC1. The highest BCUT2D eigenvalue weighted by atomic mass is 32.2. The molecule has 0 saturated carbocycles. The third kappa shape index (κ3) is 3.36. The molecule has 94 valence electrons. The molecule has 1 N–H and O–H groups in total. The largest absolute Gasteiger partial charge is 0.370 e. The van der Waals surface area contributed by atoms with Gasteiger partial charge in [0.05, 0.1) is 0 Å². The van der Waals surface area contributed by atoms with Gasteiger partial charge in [-0.1, -0.05) is 0 Å². The van der Waals surface area contributed by atoms with Gasteiger partial charge in [-0.05, 0) is 43.0 Å². The van der Waals surface area contributed by atoms with Gasteiger partial charge in [-0.3, -0.25) is 0 Å². The molecule has 1 aromatic carbocycles.